The lowest BCUT2D eigenvalue weighted by molar-refractivity contribution is -0.277. The lowest BCUT2D eigenvalue weighted by atomic mass is 9.99. The molecule has 0 aliphatic heterocycles. The molecule has 0 unspecified atom stereocenters. The maximum atomic E-state index is 14.5. The van der Waals surface area contributed by atoms with Crippen molar-refractivity contribution in [2.45, 2.75) is 47.3 Å². The zero-order valence-electron chi connectivity index (χ0n) is 63.8. The lowest BCUT2D eigenvalue weighted by Gasteiger charge is -2.12. The molecule has 0 saturated heterocycles. The highest BCUT2D eigenvalue weighted by Crippen LogP contribution is 2.40. The standard InChI is InChI=1S/C20H12F6O.C20H13F5O.C19H12ClF3.C19H12F4.C19H13F3/c1-11-2-4-12(5-3-11)13-6-7-15(16(21)8-13)14-9-17(22)19(18(23)10-14)27-20(24,25)26;1-12-2-4-13(5-3-12)14-6-8-16(17(21)10-14)15-7-9-19(18(22)11-15)26-20(23,24)25;1-11-2-4-12(5-3-11)13-6-7-15(16(21)8-13)14-9-17(22)19(20)18(23)10-14;1-11-2-4-12(5-3-11)13-6-7-15(16(20)8-13)14-9-17(21)19(23)18(22)10-14;1-12-2-4-13(5-3-12)14-6-8-16(18(21)10-14)15-7-9-17(20)19(22)11-15/h2-10H,1H3;2-11H,1H3;2*2-10H,1H3;2-11H,1H3. The minimum absolute atomic E-state index is 0.0126. The van der Waals surface area contributed by atoms with E-state index in [2.05, 4.69) is 9.47 Å². The van der Waals surface area contributed by atoms with Gasteiger partial charge in [0, 0.05) is 27.8 Å². The van der Waals surface area contributed by atoms with Crippen LogP contribution in [0, 0.1) is 122 Å². The maximum Gasteiger partial charge on any atom is 0.573 e. The van der Waals surface area contributed by atoms with Crippen LogP contribution in [0.4, 0.5) is 92.2 Å². The van der Waals surface area contributed by atoms with E-state index in [0.29, 0.717) is 39.9 Å². The number of aryl methyl sites for hydroxylation is 5. The molecule has 2 nitrogen and oxygen atoms in total. The van der Waals surface area contributed by atoms with Crippen LogP contribution in [0.5, 0.6) is 11.5 Å². The average Bonchev–Trinajstić information content (AvgIpc) is 0.820. The second-order valence-corrected chi connectivity index (χ2v) is 27.8. The Balaban J connectivity index is 0.000000148. The van der Waals surface area contributed by atoms with Gasteiger partial charge >= 0.3 is 12.7 Å². The molecule has 0 heterocycles. The van der Waals surface area contributed by atoms with Crippen molar-refractivity contribution in [3.63, 3.8) is 0 Å². The molecule has 616 valence electrons. The summed E-state index contributed by atoms with van der Waals surface area (Å²) in [7, 11) is 0. The van der Waals surface area contributed by atoms with E-state index in [1.807, 2.05) is 144 Å². The van der Waals surface area contributed by atoms with E-state index in [0.717, 1.165) is 110 Å². The zero-order valence-corrected chi connectivity index (χ0v) is 64.5. The van der Waals surface area contributed by atoms with Crippen molar-refractivity contribution < 1.29 is 102 Å². The molecule has 15 aromatic rings. The Labute approximate surface area is 685 Å². The molecular weight excluding hydrogens is 1630 g/mol. The van der Waals surface area contributed by atoms with Gasteiger partial charge in [0.15, 0.2) is 52.3 Å². The van der Waals surface area contributed by atoms with Gasteiger partial charge < -0.3 is 9.47 Å². The lowest BCUT2D eigenvalue weighted by Crippen LogP contribution is -2.19. The van der Waals surface area contributed by atoms with Crippen LogP contribution in [-0.2, 0) is 0 Å². The van der Waals surface area contributed by atoms with Crippen molar-refractivity contribution in [2.75, 3.05) is 0 Å². The van der Waals surface area contributed by atoms with E-state index >= 15 is 0 Å². The number of alkyl halides is 6. The third-order valence-corrected chi connectivity index (χ3v) is 18.9. The Morgan fingerprint density at radius 3 is 0.661 bits per heavy atom. The largest absolute Gasteiger partial charge is 0.573 e. The van der Waals surface area contributed by atoms with Gasteiger partial charge in [-0.15, -0.1) is 26.3 Å². The highest BCUT2D eigenvalue weighted by molar-refractivity contribution is 6.31. The summed E-state index contributed by atoms with van der Waals surface area (Å²) < 4.78 is 287. The fraction of sp³-hybridized carbons (Fsp3) is 0.0722. The summed E-state index contributed by atoms with van der Waals surface area (Å²) in [6, 6.07) is 70.9. The molecule has 0 aliphatic carbocycles. The molecule has 0 aromatic heterocycles. The fourth-order valence-electron chi connectivity index (χ4n) is 12.3. The fourth-order valence-corrected chi connectivity index (χ4v) is 12.4. The Hall–Kier alpha value is -13.3. The normalized spacial score (nSPS) is 11.1. The van der Waals surface area contributed by atoms with E-state index in [1.165, 1.54) is 66.7 Å². The Morgan fingerprint density at radius 1 is 0.190 bits per heavy atom. The van der Waals surface area contributed by atoms with Crippen LogP contribution in [0.15, 0.2) is 285 Å². The molecule has 0 fully saturated rings. The number of benzene rings is 15. The van der Waals surface area contributed by atoms with E-state index in [1.54, 1.807) is 48.5 Å². The first-order valence-corrected chi connectivity index (χ1v) is 36.6. The Morgan fingerprint density at radius 2 is 0.405 bits per heavy atom. The molecule has 15 rings (SSSR count). The smallest absolute Gasteiger partial charge is 0.403 e. The van der Waals surface area contributed by atoms with Crippen LogP contribution in [-0.4, -0.2) is 12.7 Å². The van der Waals surface area contributed by atoms with Gasteiger partial charge in [-0.2, -0.15) is 0 Å². The zero-order chi connectivity index (χ0) is 87.5. The molecule has 0 spiro atoms. The summed E-state index contributed by atoms with van der Waals surface area (Å²) in [6.07, 6.45) is -10.2. The van der Waals surface area contributed by atoms with Crippen LogP contribution in [0.25, 0.3) is 111 Å². The first-order valence-electron chi connectivity index (χ1n) is 36.2. The average molecular weight is 1690 g/mol. The van der Waals surface area contributed by atoms with Crippen molar-refractivity contribution in [3.05, 3.63) is 405 Å². The topological polar surface area (TPSA) is 18.5 Å². The molecule has 0 bridgehead atoms. The number of halogens is 22. The summed E-state index contributed by atoms with van der Waals surface area (Å²) >= 11 is 5.45. The highest BCUT2D eigenvalue weighted by atomic mass is 35.5. The SMILES string of the molecule is Cc1ccc(-c2ccc(-c3cc(F)c(Cl)c(F)c3)c(F)c2)cc1.Cc1ccc(-c2ccc(-c3cc(F)c(F)c(F)c3)c(F)c2)cc1.Cc1ccc(-c2ccc(-c3cc(F)c(OC(F)(F)F)c(F)c3)c(F)c2)cc1.Cc1ccc(-c2ccc(-c3ccc(F)c(F)c3)c(F)c2)cc1.Cc1ccc(-c2ccc(-c3ccc(OC(F)(F)F)c(F)c3)c(F)c2)cc1. The van der Waals surface area contributed by atoms with Crippen LogP contribution in [0.1, 0.15) is 27.8 Å². The van der Waals surface area contributed by atoms with Crippen molar-refractivity contribution in [1.29, 1.82) is 0 Å². The van der Waals surface area contributed by atoms with Gasteiger partial charge in [0.1, 0.15) is 45.7 Å². The molecule has 24 heteroatoms. The molecule has 0 aliphatic rings. The van der Waals surface area contributed by atoms with E-state index in [-0.39, 0.29) is 50.1 Å². The monoisotopic (exact) mass is 1690 g/mol. The van der Waals surface area contributed by atoms with Crippen LogP contribution >= 0.6 is 11.6 Å². The van der Waals surface area contributed by atoms with Gasteiger partial charge in [0.2, 0.25) is 5.75 Å². The summed E-state index contributed by atoms with van der Waals surface area (Å²) in [5.74, 6) is -18.0. The molecule has 15 aromatic carbocycles. The van der Waals surface area contributed by atoms with Gasteiger partial charge in [-0.1, -0.05) is 234 Å². The Bertz CT molecular complexity index is 6010. The quantitative estimate of drug-likeness (QED) is 0.0897. The van der Waals surface area contributed by atoms with E-state index in [4.69, 9.17) is 11.6 Å². The number of rotatable bonds is 12. The Kier molecular flexibility index (Phi) is 27.9. The van der Waals surface area contributed by atoms with Crippen molar-refractivity contribution in [3.8, 4) is 123 Å². The summed E-state index contributed by atoms with van der Waals surface area (Å²) in [4.78, 5) is 0. The van der Waals surface area contributed by atoms with Gasteiger partial charge in [0.25, 0.3) is 0 Å². The third kappa shape index (κ3) is 23.0. The molecule has 0 atom stereocenters. The predicted octanol–water partition coefficient (Wildman–Crippen LogP) is 31.2. The van der Waals surface area contributed by atoms with Crippen LogP contribution in [0.3, 0.4) is 0 Å². The molecule has 0 N–H and O–H groups in total. The van der Waals surface area contributed by atoms with Gasteiger partial charge in [-0.05, 0) is 209 Å². The number of hydrogen-bond acceptors (Lipinski definition) is 2. The second-order valence-electron chi connectivity index (χ2n) is 27.4. The van der Waals surface area contributed by atoms with Crippen LogP contribution < -0.4 is 9.47 Å². The van der Waals surface area contributed by atoms with Crippen LogP contribution in [0.2, 0.25) is 5.02 Å². The van der Waals surface area contributed by atoms with Crippen molar-refractivity contribution >= 4 is 11.6 Å². The summed E-state index contributed by atoms with van der Waals surface area (Å²) in [5, 5.41) is -0.592. The number of ether oxygens (including phenoxy) is 2. The first-order chi connectivity index (χ1) is 57.3. The second kappa shape index (κ2) is 38.2. The minimum atomic E-state index is -5.25. The molecule has 0 saturated carbocycles. The summed E-state index contributed by atoms with van der Waals surface area (Å²) in [6.45, 7) is 9.75. The predicted molar refractivity (Wildman–Crippen MR) is 428 cm³/mol. The van der Waals surface area contributed by atoms with Gasteiger partial charge in [0.05, 0.1) is 0 Å². The molecular formula is C97H62ClF21O2. The summed E-state index contributed by atoms with van der Waals surface area (Å²) in [5.41, 5.74) is 13.4. The van der Waals surface area contributed by atoms with Gasteiger partial charge in [-0.3, -0.25) is 0 Å². The van der Waals surface area contributed by atoms with Crippen molar-refractivity contribution in [2.24, 2.45) is 0 Å². The first kappa shape index (κ1) is 88.5. The van der Waals surface area contributed by atoms with Gasteiger partial charge in [-0.25, -0.2) is 65.9 Å². The minimum Gasteiger partial charge on any atom is -0.403 e. The molecule has 0 radical (unpaired) electrons. The van der Waals surface area contributed by atoms with E-state index in [9.17, 15) is 92.2 Å². The highest BCUT2D eigenvalue weighted by Gasteiger charge is 2.35. The maximum absolute atomic E-state index is 14.5. The molecule has 0 amide bonds. The third-order valence-electron chi connectivity index (χ3n) is 18.6. The molecule has 121 heavy (non-hydrogen) atoms. The number of hydrogen-bond donors (Lipinski definition) is 0. The van der Waals surface area contributed by atoms with Crippen molar-refractivity contribution in [1.82, 2.24) is 0 Å². The van der Waals surface area contributed by atoms with E-state index < -0.39 is 117 Å².